The SMILES string of the molecule is CC(C)CCCC1CC(c2ccccc2)CCC1O. The summed E-state index contributed by atoms with van der Waals surface area (Å²) in [5, 5.41) is 10.2. The summed E-state index contributed by atoms with van der Waals surface area (Å²) in [6.45, 7) is 4.56. The highest BCUT2D eigenvalue weighted by molar-refractivity contribution is 5.20. The lowest BCUT2D eigenvalue weighted by Gasteiger charge is -2.34. The summed E-state index contributed by atoms with van der Waals surface area (Å²) >= 11 is 0. The molecule has 1 aromatic rings. The van der Waals surface area contributed by atoms with Crippen LogP contribution in [0, 0.1) is 11.8 Å². The molecule has 3 atom stereocenters. The summed E-state index contributed by atoms with van der Waals surface area (Å²) in [5.41, 5.74) is 1.46. The second-order valence-corrected chi connectivity index (χ2v) is 6.57. The largest absolute Gasteiger partial charge is 0.393 e. The first-order valence-electron chi connectivity index (χ1n) is 7.90. The van der Waals surface area contributed by atoms with Gasteiger partial charge in [0.25, 0.3) is 0 Å². The topological polar surface area (TPSA) is 20.2 Å². The van der Waals surface area contributed by atoms with Gasteiger partial charge < -0.3 is 5.11 Å². The van der Waals surface area contributed by atoms with Gasteiger partial charge in [-0.3, -0.25) is 0 Å². The van der Waals surface area contributed by atoms with E-state index >= 15 is 0 Å². The van der Waals surface area contributed by atoms with Gasteiger partial charge >= 0.3 is 0 Å². The molecule has 1 nitrogen and oxygen atoms in total. The van der Waals surface area contributed by atoms with Gasteiger partial charge in [-0.25, -0.2) is 0 Å². The molecule has 1 N–H and O–H groups in total. The molecule has 0 saturated heterocycles. The highest BCUT2D eigenvalue weighted by Crippen LogP contribution is 2.38. The fraction of sp³-hybridized carbons (Fsp3) is 0.667. The number of hydrogen-bond donors (Lipinski definition) is 1. The molecule has 0 bridgehead atoms. The average Bonchev–Trinajstić information content (AvgIpc) is 2.41. The van der Waals surface area contributed by atoms with E-state index in [0.29, 0.717) is 11.8 Å². The van der Waals surface area contributed by atoms with E-state index in [4.69, 9.17) is 0 Å². The predicted molar refractivity (Wildman–Crippen MR) is 81.2 cm³/mol. The van der Waals surface area contributed by atoms with Crippen molar-refractivity contribution in [2.24, 2.45) is 11.8 Å². The van der Waals surface area contributed by atoms with Crippen molar-refractivity contribution in [2.45, 2.75) is 64.4 Å². The minimum absolute atomic E-state index is 0.0628. The molecule has 19 heavy (non-hydrogen) atoms. The molecular weight excluding hydrogens is 232 g/mol. The van der Waals surface area contributed by atoms with Gasteiger partial charge in [-0.2, -0.15) is 0 Å². The van der Waals surface area contributed by atoms with Gasteiger partial charge in [0.2, 0.25) is 0 Å². The van der Waals surface area contributed by atoms with E-state index in [1.807, 2.05) is 0 Å². The molecule has 0 heterocycles. The molecule has 1 aliphatic carbocycles. The van der Waals surface area contributed by atoms with E-state index in [0.717, 1.165) is 18.8 Å². The smallest absolute Gasteiger partial charge is 0.0568 e. The molecule has 1 aliphatic rings. The van der Waals surface area contributed by atoms with Crippen molar-refractivity contribution in [1.29, 1.82) is 0 Å². The first-order valence-corrected chi connectivity index (χ1v) is 7.90. The van der Waals surface area contributed by atoms with Crippen LogP contribution in [0.5, 0.6) is 0 Å². The van der Waals surface area contributed by atoms with E-state index < -0.39 is 0 Å². The molecule has 1 fully saturated rings. The van der Waals surface area contributed by atoms with E-state index in [9.17, 15) is 5.11 Å². The zero-order valence-corrected chi connectivity index (χ0v) is 12.4. The van der Waals surface area contributed by atoms with E-state index in [1.165, 1.54) is 31.2 Å². The van der Waals surface area contributed by atoms with Gasteiger partial charge in [0.15, 0.2) is 0 Å². The zero-order chi connectivity index (χ0) is 13.7. The van der Waals surface area contributed by atoms with Gasteiger partial charge in [-0.1, -0.05) is 57.0 Å². The van der Waals surface area contributed by atoms with Crippen molar-refractivity contribution < 1.29 is 5.11 Å². The summed E-state index contributed by atoms with van der Waals surface area (Å²) < 4.78 is 0. The molecule has 1 saturated carbocycles. The van der Waals surface area contributed by atoms with Crippen LogP contribution >= 0.6 is 0 Å². The van der Waals surface area contributed by atoms with Crippen molar-refractivity contribution >= 4 is 0 Å². The molecule has 0 aromatic heterocycles. The van der Waals surface area contributed by atoms with Crippen molar-refractivity contribution in [3.8, 4) is 0 Å². The third kappa shape index (κ3) is 4.35. The van der Waals surface area contributed by atoms with Crippen LogP contribution in [-0.2, 0) is 0 Å². The van der Waals surface area contributed by atoms with Crippen LogP contribution in [0.25, 0.3) is 0 Å². The number of aliphatic hydroxyl groups excluding tert-OH is 1. The maximum absolute atomic E-state index is 10.2. The Morgan fingerprint density at radius 1 is 1.16 bits per heavy atom. The third-order valence-electron chi connectivity index (χ3n) is 4.57. The first-order chi connectivity index (χ1) is 9.16. The van der Waals surface area contributed by atoms with Crippen LogP contribution in [0.2, 0.25) is 0 Å². The molecule has 0 spiro atoms. The lowest BCUT2D eigenvalue weighted by atomic mass is 9.74. The summed E-state index contributed by atoms with van der Waals surface area (Å²) in [6, 6.07) is 10.8. The normalized spacial score (nSPS) is 27.7. The minimum Gasteiger partial charge on any atom is -0.393 e. The summed E-state index contributed by atoms with van der Waals surface area (Å²) in [6.07, 6.45) is 6.98. The summed E-state index contributed by atoms with van der Waals surface area (Å²) in [5.74, 6) is 1.96. The van der Waals surface area contributed by atoms with Crippen LogP contribution < -0.4 is 0 Å². The predicted octanol–water partition coefficient (Wildman–Crippen LogP) is 4.76. The summed E-state index contributed by atoms with van der Waals surface area (Å²) in [4.78, 5) is 0. The average molecular weight is 260 g/mol. The monoisotopic (exact) mass is 260 g/mol. The van der Waals surface area contributed by atoms with Crippen LogP contribution in [0.4, 0.5) is 0 Å². The zero-order valence-electron chi connectivity index (χ0n) is 12.4. The number of aliphatic hydroxyl groups is 1. The van der Waals surface area contributed by atoms with Crippen LogP contribution in [-0.4, -0.2) is 11.2 Å². The number of hydrogen-bond acceptors (Lipinski definition) is 1. The highest BCUT2D eigenvalue weighted by atomic mass is 16.3. The maximum Gasteiger partial charge on any atom is 0.0568 e. The van der Waals surface area contributed by atoms with E-state index in [-0.39, 0.29) is 6.10 Å². The Labute approximate surface area is 118 Å². The Bertz CT molecular complexity index is 357. The molecule has 3 unspecified atom stereocenters. The Balaban J connectivity index is 1.89. The summed E-state index contributed by atoms with van der Waals surface area (Å²) in [7, 11) is 0. The van der Waals surface area contributed by atoms with Gasteiger partial charge in [-0.15, -0.1) is 0 Å². The Hall–Kier alpha value is -0.820. The minimum atomic E-state index is -0.0628. The van der Waals surface area contributed by atoms with Gasteiger partial charge in [0.1, 0.15) is 0 Å². The van der Waals surface area contributed by atoms with Crippen LogP contribution in [0.3, 0.4) is 0 Å². The van der Waals surface area contributed by atoms with Crippen molar-refractivity contribution in [1.82, 2.24) is 0 Å². The fourth-order valence-corrected chi connectivity index (χ4v) is 3.37. The van der Waals surface area contributed by atoms with Gasteiger partial charge in [-0.05, 0) is 49.0 Å². The molecule has 2 rings (SSSR count). The van der Waals surface area contributed by atoms with Crippen molar-refractivity contribution in [3.05, 3.63) is 35.9 Å². The lowest BCUT2D eigenvalue weighted by Crippen LogP contribution is -2.28. The molecule has 0 aliphatic heterocycles. The lowest BCUT2D eigenvalue weighted by molar-refractivity contribution is 0.0555. The second kappa shape index (κ2) is 7.09. The van der Waals surface area contributed by atoms with E-state index in [2.05, 4.69) is 44.2 Å². The van der Waals surface area contributed by atoms with E-state index in [1.54, 1.807) is 0 Å². The van der Waals surface area contributed by atoms with Gasteiger partial charge in [0.05, 0.1) is 6.10 Å². The third-order valence-corrected chi connectivity index (χ3v) is 4.57. The first kappa shape index (κ1) is 14.6. The van der Waals surface area contributed by atoms with Crippen molar-refractivity contribution in [3.63, 3.8) is 0 Å². The Kier molecular flexibility index (Phi) is 5.45. The molecule has 106 valence electrons. The standard InChI is InChI=1S/C18H28O/c1-14(2)7-6-10-17-13-16(11-12-18(17)19)15-8-4-3-5-9-15/h3-5,8-9,14,16-19H,6-7,10-13H2,1-2H3. The molecular formula is C18H28O. The molecule has 1 heteroatoms. The highest BCUT2D eigenvalue weighted by Gasteiger charge is 2.29. The quantitative estimate of drug-likeness (QED) is 0.809. The van der Waals surface area contributed by atoms with Gasteiger partial charge in [0, 0.05) is 0 Å². The Morgan fingerprint density at radius 3 is 2.58 bits per heavy atom. The molecule has 1 aromatic carbocycles. The number of benzene rings is 1. The van der Waals surface area contributed by atoms with Crippen LogP contribution in [0.15, 0.2) is 30.3 Å². The molecule has 0 amide bonds. The van der Waals surface area contributed by atoms with Crippen molar-refractivity contribution in [2.75, 3.05) is 0 Å². The maximum atomic E-state index is 10.2. The Morgan fingerprint density at radius 2 is 1.89 bits per heavy atom. The number of rotatable bonds is 5. The fourth-order valence-electron chi connectivity index (χ4n) is 3.37. The van der Waals surface area contributed by atoms with Crippen LogP contribution in [0.1, 0.15) is 63.9 Å². The molecule has 0 radical (unpaired) electrons. The second-order valence-electron chi connectivity index (χ2n) is 6.57.